The first-order valence-corrected chi connectivity index (χ1v) is 7.81. The number of nitrogen functional groups attached to an aromatic ring is 1. The number of rotatable bonds is 2. The minimum Gasteiger partial charge on any atom is -0.375 e. The molecule has 0 fully saturated rings. The van der Waals surface area contributed by atoms with Crippen molar-refractivity contribution in [2.45, 2.75) is 0 Å². The Morgan fingerprint density at radius 3 is 2.65 bits per heavy atom. The van der Waals surface area contributed by atoms with E-state index in [1.165, 1.54) is 11.3 Å². The van der Waals surface area contributed by atoms with Crippen molar-refractivity contribution in [1.82, 2.24) is 10.3 Å². The monoisotopic (exact) mass is 344 g/mol. The van der Waals surface area contributed by atoms with Crippen LogP contribution in [-0.4, -0.2) is 16.9 Å². The minimum atomic E-state index is -0.648. The van der Waals surface area contributed by atoms with Crippen molar-refractivity contribution in [3.05, 3.63) is 54.1 Å². The number of hydrogen-bond donors (Lipinski definition) is 3. The Kier molecular flexibility index (Phi) is 4.18. The molecule has 6 nitrogen and oxygen atoms in total. The van der Waals surface area contributed by atoms with Gasteiger partial charge in [-0.15, -0.1) is 0 Å². The van der Waals surface area contributed by atoms with E-state index in [9.17, 15) is 9.59 Å². The third-order valence-corrected chi connectivity index (χ3v) is 4.36. The average molecular weight is 344 g/mol. The summed E-state index contributed by atoms with van der Waals surface area (Å²) in [7, 11) is 0. The zero-order valence-corrected chi connectivity index (χ0v) is 13.5. The van der Waals surface area contributed by atoms with Crippen LogP contribution in [-0.2, 0) is 0 Å². The number of aromatic nitrogens is 1. The summed E-state index contributed by atoms with van der Waals surface area (Å²) >= 11 is 5.50. The number of urea groups is 1. The van der Waals surface area contributed by atoms with Gasteiger partial charge in [0, 0.05) is 5.56 Å². The quantitative estimate of drug-likeness (QED) is 0.623. The van der Waals surface area contributed by atoms with Crippen LogP contribution in [0.2, 0.25) is 0 Å². The number of anilines is 2. The van der Waals surface area contributed by atoms with E-state index in [0.29, 0.717) is 21.9 Å². The van der Waals surface area contributed by atoms with Gasteiger partial charge in [-0.1, -0.05) is 42.4 Å². The number of nitrogens with one attached hydrogen (secondary N) is 1. The van der Waals surface area contributed by atoms with Crippen molar-refractivity contribution >= 4 is 57.1 Å². The van der Waals surface area contributed by atoms with E-state index in [2.05, 4.69) is 23.1 Å². The van der Waals surface area contributed by atoms with Crippen LogP contribution in [0.5, 0.6) is 0 Å². The molecule has 1 heterocycles. The van der Waals surface area contributed by atoms with Gasteiger partial charge in [0.2, 0.25) is 0 Å². The van der Waals surface area contributed by atoms with Crippen molar-refractivity contribution in [2.24, 2.45) is 0 Å². The first-order valence-electron chi connectivity index (χ1n) is 6.60. The van der Waals surface area contributed by atoms with Crippen LogP contribution in [0.4, 0.5) is 15.6 Å². The Morgan fingerprint density at radius 2 is 1.91 bits per heavy atom. The molecule has 3 N–H and O–H groups in total. The van der Waals surface area contributed by atoms with Crippen LogP contribution in [0.25, 0.3) is 10.2 Å². The van der Waals surface area contributed by atoms with Crippen molar-refractivity contribution in [3.8, 4) is 0 Å². The van der Waals surface area contributed by atoms with Gasteiger partial charge in [0.1, 0.15) is 0 Å². The summed E-state index contributed by atoms with van der Waals surface area (Å²) in [6.45, 7) is 0. The van der Waals surface area contributed by atoms with Gasteiger partial charge in [0.25, 0.3) is 5.91 Å². The smallest absolute Gasteiger partial charge is 0.338 e. The fraction of sp³-hybridized carbons (Fsp3) is 0. The molecule has 0 unspecified atom stereocenters. The molecule has 116 valence electrons. The highest BCUT2D eigenvalue weighted by Crippen LogP contribution is 2.28. The molecule has 3 aromatic rings. The Morgan fingerprint density at radius 1 is 1.17 bits per heavy atom. The summed E-state index contributed by atoms with van der Waals surface area (Å²) in [6.07, 6.45) is 0. The van der Waals surface area contributed by atoms with Crippen LogP contribution < -0.4 is 15.4 Å². The zero-order valence-electron chi connectivity index (χ0n) is 11.8. The number of nitrogens with zero attached hydrogens (tertiary/aromatic N) is 2. The summed E-state index contributed by atoms with van der Waals surface area (Å²) in [5, 5.41) is 2.73. The number of benzene rings is 2. The lowest BCUT2D eigenvalue weighted by Gasteiger charge is -2.15. The Bertz CT molecular complexity index is 880. The summed E-state index contributed by atoms with van der Waals surface area (Å²) in [4.78, 5) is 28.3. The van der Waals surface area contributed by atoms with Crippen molar-refractivity contribution in [3.63, 3.8) is 0 Å². The van der Waals surface area contributed by atoms with Crippen molar-refractivity contribution < 1.29 is 9.59 Å². The molecule has 0 aliphatic carbocycles. The molecule has 0 bridgehead atoms. The fourth-order valence-corrected chi connectivity index (χ4v) is 2.88. The fourth-order valence-electron chi connectivity index (χ4n) is 1.99. The molecule has 1 aromatic heterocycles. The number of thiazole rings is 1. The average Bonchev–Trinajstić information content (AvgIpc) is 2.93. The van der Waals surface area contributed by atoms with Crippen molar-refractivity contribution in [2.75, 3.05) is 10.0 Å². The Labute approximate surface area is 141 Å². The highest BCUT2D eigenvalue weighted by atomic mass is 32.1. The normalized spacial score (nSPS) is 10.5. The molecule has 3 amide bonds. The number of nitrogens with two attached hydrogens (primary N) is 1. The molecule has 8 heteroatoms. The van der Waals surface area contributed by atoms with E-state index in [1.807, 2.05) is 0 Å². The van der Waals surface area contributed by atoms with Crippen molar-refractivity contribution in [1.29, 1.82) is 0 Å². The maximum Gasteiger partial charge on any atom is 0.338 e. The van der Waals surface area contributed by atoms with Crippen LogP contribution in [0.1, 0.15) is 10.4 Å². The van der Waals surface area contributed by atoms with Crippen LogP contribution in [0.3, 0.4) is 0 Å². The van der Waals surface area contributed by atoms with Crippen LogP contribution >= 0.6 is 24.2 Å². The molecule has 3 rings (SSSR count). The second kappa shape index (κ2) is 6.27. The zero-order chi connectivity index (χ0) is 16.4. The highest BCUT2D eigenvalue weighted by Gasteiger charge is 2.17. The minimum absolute atomic E-state index is 0.394. The van der Waals surface area contributed by atoms with Gasteiger partial charge >= 0.3 is 6.03 Å². The summed E-state index contributed by atoms with van der Waals surface area (Å²) in [6, 6.07) is 13.0. The molecule has 0 spiro atoms. The number of carbonyl (C=O) groups is 2. The van der Waals surface area contributed by atoms with E-state index >= 15 is 0 Å². The van der Waals surface area contributed by atoms with Gasteiger partial charge in [0.15, 0.2) is 5.13 Å². The number of hydrogen-bond acceptors (Lipinski definition) is 6. The number of amides is 3. The predicted molar refractivity (Wildman–Crippen MR) is 94.8 cm³/mol. The number of thiol groups is 1. The lowest BCUT2D eigenvalue weighted by molar-refractivity contribution is 0.0966. The second-order valence-electron chi connectivity index (χ2n) is 4.64. The van der Waals surface area contributed by atoms with E-state index in [-0.39, 0.29) is 0 Å². The molecule has 0 saturated heterocycles. The van der Waals surface area contributed by atoms with E-state index in [0.717, 1.165) is 9.01 Å². The number of imide groups is 1. The Hall–Kier alpha value is -2.58. The van der Waals surface area contributed by atoms with E-state index in [4.69, 9.17) is 5.73 Å². The topological polar surface area (TPSA) is 88.3 Å². The molecule has 23 heavy (non-hydrogen) atoms. The van der Waals surface area contributed by atoms with Gasteiger partial charge in [-0.05, 0) is 30.3 Å². The SMILES string of the molecule is Nc1nc2cc(N(S)C(=O)NC(=O)c3ccccc3)ccc2s1. The van der Waals surface area contributed by atoms with Crippen LogP contribution in [0.15, 0.2) is 48.5 Å². The lowest BCUT2D eigenvalue weighted by atomic mass is 10.2. The third kappa shape index (κ3) is 3.27. The molecule has 0 aliphatic heterocycles. The van der Waals surface area contributed by atoms with E-state index in [1.54, 1.807) is 48.5 Å². The molecule has 0 saturated carbocycles. The van der Waals surface area contributed by atoms with Gasteiger partial charge in [0.05, 0.1) is 15.9 Å². The summed E-state index contributed by atoms with van der Waals surface area (Å²) in [5.74, 6) is -0.492. The number of carbonyl (C=O) groups excluding carboxylic acids is 2. The van der Waals surface area contributed by atoms with E-state index < -0.39 is 11.9 Å². The number of fused-ring (bicyclic) bond motifs is 1. The highest BCUT2D eigenvalue weighted by molar-refractivity contribution is 7.82. The maximum absolute atomic E-state index is 12.1. The molecule has 0 aliphatic rings. The van der Waals surface area contributed by atoms with Gasteiger partial charge < -0.3 is 5.73 Å². The molecular formula is C15H12N4O2S2. The van der Waals surface area contributed by atoms with Gasteiger partial charge in [-0.3, -0.25) is 10.1 Å². The standard InChI is InChI=1S/C15H12N4O2S2/c16-14-17-11-8-10(6-7-12(11)23-14)19(22)15(21)18-13(20)9-4-2-1-3-5-9/h1-8,22H,(H2,16,17)(H,18,20,21). The molecule has 0 radical (unpaired) electrons. The van der Waals surface area contributed by atoms with Gasteiger partial charge in [-0.2, -0.15) is 0 Å². The maximum atomic E-state index is 12.1. The summed E-state index contributed by atoms with van der Waals surface area (Å²) < 4.78 is 1.96. The largest absolute Gasteiger partial charge is 0.375 e. The first kappa shape index (κ1) is 15.3. The molecule has 2 aromatic carbocycles. The second-order valence-corrected chi connectivity index (χ2v) is 6.10. The summed E-state index contributed by atoms with van der Waals surface area (Å²) in [5.41, 5.74) is 7.21. The Balaban J connectivity index is 1.76. The third-order valence-electron chi connectivity index (χ3n) is 3.08. The molecule has 0 atom stereocenters. The first-order chi connectivity index (χ1) is 11.0. The van der Waals surface area contributed by atoms with Crippen LogP contribution in [0, 0.1) is 0 Å². The van der Waals surface area contributed by atoms with Gasteiger partial charge in [-0.25, -0.2) is 14.1 Å². The lowest BCUT2D eigenvalue weighted by Crippen LogP contribution is -2.38. The predicted octanol–water partition coefficient (Wildman–Crippen LogP) is 3.08. The molecular weight excluding hydrogens is 332 g/mol.